The molecule has 3 rings (SSSR count). The fraction of sp³-hybridized carbons (Fsp3) is 0.350. The number of benzene rings is 1. The van der Waals surface area contributed by atoms with Crippen molar-refractivity contribution in [3.63, 3.8) is 0 Å². The third kappa shape index (κ3) is 5.20. The van der Waals surface area contributed by atoms with Crippen molar-refractivity contribution in [1.82, 2.24) is 25.5 Å². The molecule has 8 heteroatoms. The topological polar surface area (TPSA) is 99.3 Å². The summed E-state index contributed by atoms with van der Waals surface area (Å²) in [5.74, 6) is 1.17. The Kier molecular flexibility index (Phi) is 6.80. The first-order valence-corrected chi connectivity index (χ1v) is 9.23. The van der Waals surface area contributed by atoms with Crippen molar-refractivity contribution in [2.75, 3.05) is 26.7 Å². The van der Waals surface area contributed by atoms with Crippen molar-refractivity contribution >= 4 is 17.9 Å². The molecule has 3 N–H and O–H groups in total. The van der Waals surface area contributed by atoms with Gasteiger partial charge in [-0.05, 0) is 6.07 Å². The van der Waals surface area contributed by atoms with E-state index in [1.807, 2.05) is 41.3 Å². The Morgan fingerprint density at radius 2 is 2.29 bits per heavy atom. The lowest BCUT2D eigenvalue weighted by Gasteiger charge is -2.33. The van der Waals surface area contributed by atoms with Crippen LogP contribution in [0.2, 0.25) is 0 Å². The number of aromatic amines is 1. The molecule has 148 valence electrons. The smallest absolute Gasteiger partial charge is 0.237 e. The maximum Gasteiger partial charge on any atom is 0.237 e. The highest BCUT2D eigenvalue weighted by Crippen LogP contribution is 2.19. The van der Waals surface area contributed by atoms with Crippen molar-refractivity contribution in [1.29, 1.82) is 0 Å². The number of piperazine rings is 1. The predicted octanol–water partition coefficient (Wildman–Crippen LogP) is 0.938. The molecule has 0 saturated carbocycles. The van der Waals surface area contributed by atoms with Crippen molar-refractivity contribution in [3.8, 4) is 5.75 Å². The molecule has 0 unspecified atom stereocenters. The van der Waals surface area contributed by atoms with E-state index in [1.165, 1.54) is 0 Å². The molecule has 1 aliphatic heterocycles. The van der Waals surface area contributed by atoms with Crippen LogP contribution in [-0.2, 0) is 16.1 Å². The Hall–Kier alpha value is -3.13. The molecule has 1 aromatic carbocycles. The number of imidazole rings is 1. The number of amides is 2. The van der Waals surface area contributed by atoms with Crippen LogP contribution >= 0.6 is 0 Å². The number of H-pyrrole nitrogens is 1. The van der Waals surface area contributed by atoms with Gasteiger partial charge in [0.2, 0.25) is 11.8 Å². The number of methoxy groups -OCH3 is 1. The second kappa shape index (κ2) is 9.70. The lowest BCUT2D eigenvalue weighted by molar-refractivity contribution is -0.133. The SMILES string of the molecule is COc1ccccc1/C=C/CN1CCNC(=O)[C@@H]1CC(=O)NCc1ncc[nH]1. The highest BCUT2D eigenvalue weighted by atomic mass is 16.5. The molecule has 28 heavy (non-hydrogen) atoms. The lowest BCUT2D eigenvalue weighted by atomic mass is 10.1. The van der Waals surface area contributed by atoms with Crippen LogP contribution in [0.4, 0.5) is 0 Å². The minimum absolute atomic E-state index is 0.106. The number of rotatable bonds is 8. The molecular formula is C20H25N5O3. The molecule has 1 saturated heterocycles. The van der Waals surface area contributed by atoms with Crippen LogP contribution in [0.5, 0.6) is 5.75 Å². The Balaban J connectivity index is 1.57. The molecular weight excluding hydrogens is 358 g/mol. The normalized spacial score (nSPS) is 17.5. The maximum absolute atomic E-state index is 12.3. The molecule has 0 spiro atoms. The Morgan fingerprint density at radius 3 is 3.07 bits per heavy atom. The van der Waals surface area contributed by atoms with Gasteiger partial charge in [0.25, 0.3) is 0 Å². The van der Waals surface area contributed by atoms with Crippen molar-refractivity contribution in [3.05, 3.63) is 54.1 Å². The lowest BCUT2D eigenvalue weighted by Crippen LogP contribution is -2.56. The van der Waals surface area contributed by atoms with E-state index in [2.05, 4.69) is 20.6 Å². The molecule has 0 radical (unpaired) electrons. The number of nitrogens with zero attached hydrogens (tertiary/aromatic N) is 2. The van der Waals surface area contributed by atoms with E-state index in [0.29, 0.717) is 32.0 Å². The molecule has 2 amide bonds. The molecule has 1 aliphatic rings. The molecule has 0 bridgehead atoms. The van der Waals surface area contributed by atoms with Gasteiger partial charge in [-0.15, -0.1) is 0 Å². The van der Waals surface area contributed by atoms with Crippen molar-refractivity contribution < 1.29 is 14.3 Å². The number of hydrogen-bond acceptors (Lipinski definition) is 5. The number of nitrogens with one attached hydrogen (secondary N) is 3. The third-order valence-electron chi connectivity index (χ3n) is 4.60. The molecule has 2 aromatic rings. The summed E-state index contributed by atoms with van der Waals surface area (Å²) < 4.78 is 5.35. The minimum atomic E-state index is -0.493. The molecule has 1 aromatic heterocycles. The van der Waals surface area contributed by atoms with Crippen LogP contribution in [0, 0.1) is 0 Å². The van der Waals surface area contributed by atoms with Crippen molar-refractivity contribution in [2.45, 2.75) is 19.0 Å². The van der Waals surface area contributed by atoms with Gasteiger partial charge in [-0.2, -0.15) is 0 Å². The zero-order valence-electron chi connectivity index (χ0n) is 15.9. The fourth-order valence-corrected chi connectivity index (χ4v) is 3.15. The van der Waals surface area contributed by atoms with Gasteiger partial charge >= 0.3 is 0 Å². The number of carbonyl (C=O) groups is 2. The van der Waals surface area contributed by atoms with Crippen LogP contribution in [0.1, 0.15) is 17.8 Å². The molecule has 0 aliphatic carbocycles. The summed E-state index contributed by atoms with van der Waals surface area (Å²) in [5.41, 5.74) is 0.971. The summed E-state index contributed by atoms with van der Waals surface area (Å²) >= 11 is 0. The molecule has 2 heterocycles. The van der Waals surface area contributed by atoms with Gasteiger partial charge in [-0.3, -0.25) is 14.5 Å². The van der Waals surface area contributed by atoms with Crippen LogP contribution in [0.15, 0.2) is 42.7 Å². The largest absolute Gasteiger partial charge is 0.496 e. The standard InChI is InChI=1S/C20H25N5O3/c1-28-17-7-3-2-5-15(17)6-4-11-25-12-10-23-20(27)16(25)13-19(26)24-14-18-21-8-9-22-18/h2-9,16H,10-14H2,1H3,(H,21,22)(H,23,27)(H,24,26)/b6-4+/t16-/m0/s1. The Morgan fingerprint density at radius 1 is 1.43 bits per heavy atom. The first-order chi connectivity index (χ1) is 13.7. The zero-order chi connectivity index (χ0) is 19.8. The van der Waals surface area contributed by atoms with Gasteiger partial charge in [0.15, 0.2) is 0 Å². The number of ether oxygens (including phenoxy) is 1. The van der Waals surface area contributed by atoms with Crippen LogP contribution in [0.25, 0.3) is 6.08 Å². The number of para-hydroxylation sites is 1. The summed E-state index contributed by atoms with van der Waals surface area (Å²) in [6.07, 6.45) is 7.40. The summed E-state index contributed by atoms with van der Waals surface area (Å²) in [5, 5.41) is 5.64. The van der Waals surface area contributed by atoms with E-state index in [4.69, 9.17) is 4.74 Å². The average Bonchev–Trinajstić information content (AvgIpc) is 3.23. The minimum Gasteiger partial charge on any atom is -0.496 e. The molecule has 8 nitrogen and oxygen atoms in total. The number of aromatic nitrogens is 2. The van der Waals surface area contributed by atoms with E-state index in [0.717, 1.165) is 11.3 Å². The van der Waals surface area contributed by atoms with E-state index in [1.54, 1.807) is 19.5 Å². The summed E-state index contributed by atoms with van der Waals surface area (Å²) in [6, 6.07) is 7.25. The van der Waals surface area contributed by atoms with Gasteiger partial charge in [-0.25, -0.2) is 4.98 Å². The quantitative estimate of drug-likeness (QED) is 0.630. The average molecular weight is 383 g/mol. The second-order valence-corrected chi connectivity index (χ2v) is 6.46. The Bertz CT molecular complexity index is 819. The first-order valence-electron chi connectivity index (χ1n) is 9.23. The van der Waals surface area contributed by atoms with Crippen LogP contribution < -0.4 is 15.4 Å². The second-order valence-electron chi connectivity index (χ2n) is 6.46. The predicted molar refractivity (Wildman–Crippen MR) is 105 cm³/mol. The number of hydrogen-bond donors (Lipinski definition) is 3. The summed E-state index contributed by atoms with van der Waals surface area (Å²) in [6.45, 7) is 2.15. The Labute approximate surface area is 164 Å². The summed E-state index contributed by atoms with van der Waals surface area (Å²) in [7, 11) is 1.64. The highest BCUT2D eigenvalue weighted by molar-refractivity contribution is 5.88. The van der Waals surface area contributed by atoms with Crippen LogP contribution in [-0.4, -0.2) is 59.5 Å². The number of carbonyl (C=O) groups excluding carboxylic acids is 2. The van der Waals surface area contributed by atoms with E-state index in [-0.39, 0.29) is 18.2 Å². The van der Waals surface area contributed by atoms with Gasteiger partial charge < -0.3 is 20.4 Å². The van der Waals surface area contributed by atoms with E-state index >= 15 is 0 Å². The van der Waals surface area contributed by atoms with Crippen LogP contribution in [0.3, 0.4) is 0 Å². The fourth-order valence-electron chi connectivity index (χ4n) is 3.15. The van der Waals surface area contributed by atoms with E-state index in [9.17, 15) is 9.59 Å². The van der Waals surface area contributed by atoms with Gasteiger partial charge in [0.05, 0.1) is 26.1 Å². The van der Waals surface area contributed by atoms with Gasteiger partial charge in [0.1, 0.15) is 11.6 Å². The van der Waals surface area contributed by atoms with E-state index < -0.39 is 6.04 Å². The highest BCUT2D eigenvalue weighted by Gasteiger charge is 2.30. The van der Waals surface area contributed by atoms with Gasteiger partial charge in [-0.1, -0.05) is 30.4 Å². The van der Waals surface area contributed by atoms with Crippen molar-refractivity contribution in [2.24, 2.45) is 0 Å². The summed E-state index contributed by atoms with van der Waals surface area (Å²) in [4.78, 5) is 33.6. The maximum atomic E-state index is 12.3. The monoisotopic (exact) mass is 383 g/mol. The third-order valence-corrected chi connectivity index (χ3v) is 4.60. The molecule has 1 atom stereocenters. The zero-order valence-corrected chi connectivity index (χ0v) is 15.9. The van der Waals surface area contributed by atoms with Gasteiger partial charge in [0, 0.05) is 37.6 Å². The first kappa shape index (κ1) is 19.6. The molecule has 1 fully saturated rings.